The van der Waals surface area contributed by atoms with Crippen molar-refractivity contribution in [2.24, 2.45) is 0 Å². The van der Waals surface area contributed by atoms with Crippen LogP contribution in [0.15, 0.2) is 67.0 Å². The van der Waals surface area contributed by atoms with Gasteiger partial charge in [0.05, 0.1) is 17.5 Å². The molecule has 0 bridgehead atoms. The molecule has 1 amide bonds. The average molecular weight is 366 g/mol. The molecular formula is C19H18N4O4. The average Bonchev–Trinajstić information content (AvgIpc) is 3.19. The van der Waals surface area contributed by atoms with Gasteiger partial charge in [0.25, 0.3) is 11.6 Å². The summed E-state index contributed by atoms with van der Waals surface area (Å²) in [5.74, 6) is -0.0335. The van der Waals surface area contributed by atoms with Crippen molar-refractivity contribution in [1.29, 1.82) is 0 Å². The van der Waals surface area contributed by atoms with E-state index in [2.05, 4.69) is 10.4 Å². The van der Waals surface area contributed by atoms with Crippen molar-refractivity contribution in [3.8, 4) is 5.75 Å². The molecule has 0 aliphatic heterocycles. The van der Waals surface area contributed by atoms with Crippen molar-refractivity contribution < 1.29 is 14.5 Å². The van der Waals surface area contributed by atoms with Crippen LogP contribution in [0.4, 0.5) is 5.69 Å². The molecule has 138 valence electrons. The van der Waals surface area contributed by atoms with E-state index in [1.807, 2.05) is 41.2 Å². The van der Waals surface area contributed by atoms with Gasteiger partial charge in [0.2, 0.25) is 0 Å². The third-order valence-corrected chi connectivity index (χ3v) is 3.88. The Balaban J connectivity index is 1.54. The van der Waals surface area contributed by atoms with E-state index in [1.54, 1.807) is 12.3 Å². The van der Waals surface area contributed by atoms with Crippen molar-refractivity contribution in [2.75, 3.05) is 6.61 Å². The smallest absolute Gasteiger partial charge is 0.273 e. The van der Waals surface area contributed by atoms with Gasteiger partial charge in [0, 0.05) is 25.0 Å². The summed E-state index contributed by atoms with van der Waals surface area (Å²) in [7, 11) is 0. The van der Waals surface area contributed by atoms with E-state index in [1.165, 1.54) is 18.2 Å². The molecule has 0 unspecified atom stereocenters. The Morgan fingerprint density at radius 3 is 2.70 bits per heavy atom. The lowest BCUT2D eigenvalue weighted by molar-refractivity contribution is -0.384. The van der Waals surface area contributed by atoms with Crippen LogP contribution in [-0.4, -0.2) is 27.2 Å². The normalized spacial score (nSPS) is 10.4. The minimum atomic E-state index is -0.510. The van der Waals surface area contributed by atoms with E-state index in [0.717, 1.165) is 11.1 Å². The number of rotatable bonds is 8. The van der Waals surface area contributed by atoms with Gasteiger partial charge in [-0.1, -0.05) is 30.3 Å². The predicted molar refractivity (Wildman–Crippen MR) is 98.2 cm³/mol. The summed E-state index contributed by atoms with van der Waals surface area (Å²) in [6, 6.07) is 15.4. The molecule has 0 aliphatic rings. The fraction of sp³-hybridized carbons (Fsp3) is 0.158. The molecule has 3 aromatic rings. The fourth-order valence-corrected chi connectivity index (χ4v) is 2.53. The number of nitro benzene ring substituents is 1. The Morgan fingerprint density at radius 2 is 1.96 bits per heavy atom. The Labute approximate surface area is 155 Å². The summed E-state index contributed by atoms with van der Waals surface area (Å²) in [4.78, 5) is 22.3. The van der Waals surface area contributed by atoms with Crippen LogP contribution < -0.4 is 10.1 Å². The number of nitrogens with zero attached hydrogens (tertiary/aromatic N) is 3. The summed E-state index contributed by atoms with van der Waals surface area (Å²) in [5.41, 5.74) is 1.96. The van der Waals surface area contributed by atoms with Crippen LogP contribution in [0.2, 0.25) is 0 Å². The Morgan fingerprint density at radius 1 is 1.15 bits per heavy atom. The number of aromatic nitrogens is 2. The molecule has 0 saturated carbocycles. The molecule has 2 aromatic carbocycles. The lowest BCUT2D eigenvalue weighted by Gasteiger charge is -2.11. The zero-order valence-electron chi connectivity index (χ0n) is 14.4. The van der Waals surface area contributed by atoms with E-state index in [0.29, 0.717) is 13.1 Å². The van der Waals surface area contributed by atoms with Crippen molar-refractivity contribution in [1.82, 2.24) is 15.1 Å². The van der Waals surface area contributed by atoms with Gasteiger partial charge in [0.15, 0.2) is 6.61 Å². The number of non-ortho nitro benzene ring substituents is 1. The summed E-state index contributed by atoms with van der Waals surface area (Å²) >= 11 is 0. The molecular weight excluding hydrogens is 348 g/mol. The molecule has 1 heterocycles. The molecule has 8 nitrogen and oxygen atoms in total. The molecule has 0 fully saturated rings. The first-order chi connectivity index (χ1) is 13.1. The van der Waals surface area contributed by atoms with Gasteiger partial charge in [-0.05, 0) is 23.3 Å². The first kappa shape index (κ1) is 18.1. The van der Waals surface area contributed by atoms with Crippen molar-refractivity contribution in [3.63, 3.8) is 0 Å². The first-order valence-electron chi connectivity index (χ1n) is 8.30. The number of nitro groups is 1. The molecule has 1 aromatic heterocycles. The molecule has 0 saturated heterocycles. The molecule has 0 aliphatic carbocycles. The van der Waals surface area contributed by atoms with Gasteiger partial charge in [0.1, 0.15) is 5.75 Å². The number of ether oxygens (including phenoxy) is 1. The molecule has 1 N–H and O–H groups in total. The minimum Gasteiger partial charge on any atom is -0.484 e. The zero-order chi connectivity index (χ0) is 19.1. The predicted octanol–water partition coefficient (Wildman–Crippen LogP) is 2.53. The fourth-order valence-electron chi connectivity index (χ4n) is 2.53. The zero-order valence-corrected chi connectivity index (χ0v) is 14.4. The summed E-state index contributed by atoms with van der Waals surface area (Å²) in [6.07, 6.45) is 3.60. The highest BCUT2D eigenvalue weighted by atomic mass is 16.6. The molecule has 27 heavy (non-hydrogen) atoms. The maximum absolute atomic E-state index is 12.0. The van der Waals surface area contributed by atoms with E-state index >= 15 is 0 Å². The Hall–Kier alpha value is -3.68. The van der Waals surface area contributed by atoms with Crippen molar-refractivity contribution in [3.05, 3.63) is 88.2 Å². The van der Waals surface area contributed by atoms with Crippen LogP contribution in [0.1, 0.15) is 11.1 Å². The van der Waals surface area contributed by atoms with Crippen LogP contribution in [0.5, 0.6) is 5.75 Å². The van der Waals surface area contributed by atoms with Crippen LogP contribution >= 0.6 is 0 Å². The largest absolute Gasteiger partial charge is 0.484 e. The SMILES string of the molecule is O=C(COc1cccc([N+](=O)[O-])c1)NCc1ccccc1Cn1cccn1. The Bertz CT molecular complexity index is 925. The molecule has 0 radical (unpaired) electrons. The van der Waals surface area contributed by atoms with Crippen molar-refractivity contribution in [2.45, 2.75) is 13.1 Å². The van der Waals surface area contributed by atoms with Gasteiger partial charge < -0.3 is 10.1 Å². The molecule has 0 atom stereocenters. The monoisotopic (exact) mass is 366 g/mol. The van der Waals surface area contributed by atoms with Gasteiger partial charge in [-0.25, -0.2) is 0 Å². The number of carbonyl (C=O) groups is 1. The number of benzene rings is 2. The van der Waals surface area contributed by atoms with Gasteiger partial charge in [-0.15, -0.1) is 0 Å². The number of hydrogen-bond donors (Lipinski definition) is 1. The van der Waals surface area contributed by atoms with Crippen LogP contribution in [-0.2, 0) is 17.9 Å². The second-order valence-electron chi connectivity index (χ2n) is 5.79. The van der Waals surface area contributed by atoms with Gasteiger partial charge in [-0.3, -0.25) is 19.6 Å². The number of amides is 1. The lowest BCUT2D eigenvalue weighted by atomic mass is 10.1. The second-order valence-corrected chi connectivity index (χ2v) is 5.79. The molecule has 0 spiro atoms. The standard InChI is InChI=1S/C19H18N4O4/c24-19(14-27-18-8-3-7-17(11-18)23(25)26)20-12-15-5-1-2-6-16(15)13-22-10-4-9-21-22/h1-11H,12-14H2,(H,20,24). The summed E-state index contributed by atoms with van der Waals surface area (Å²) in [5, 5.41) is 17.8. The quantitative estimate of drug-likeness (QED) is 0.488. The number of carbonyl (C=O) groups excluding carboxylic acids is 1. The third-order valence-electron chi connectivity index (χ3n) is 3.88. The summed E-state index contributed by atoms with van der Waals surface area (Å²) in [6.45, 7) is 0.750. The highest BCUT2D eigenvalue weighted by molar-refractivity contribution is 5.77. The van der Waals surface area contributed by atoms with E-state index < -0.39 is 4.92 Å². The van der Waals surface area contributed by atoms with Crippen LogP contribution in [0, 0.1) is 10.1 Å². The third kappa shape index (κ3) is 5.15. The highest BCUT2D eigenvalue weighted by Crippen LogP contribution is 2.18. The maximum atomic E-state index is 12.0. The highest BCUT2D eigenvalue weighted by Gasteiger charge is 2.09. The number of hydrogen-bond acceptors (Lipinski definition) is 5. The first-order valence-corrected chi connectivity index (χ1v) is 8.30. The van der Waals surface area contributed by atoms with Gasteiger partial charge >= 0.3 is 0 Å². The Kier molecular flexibility index (Phi) is 5.78. The number of nitrogens with one attached hydrogen (secondary N) is 1. The lowest BCUT2D eigenvalue weighted by Crippen LogP contribution is -2.28. The maximum Gasteiger partial charge on any atom is 0.273 e. The van der Waals surface area contributed by atoms with Gasteiger partial charge in [-0.2, -0.15) is 5.10 Å². The van der Waals surface area contributed by atoms with E-state index in [4.69, 9.17) is 4.74 Å². The minimum absolute atomic E-state index is 0.0829. The van der Waals surface area contributed by atoms with Crippen LogP contribution in [0.25, 0.3) is 0 Å². The summed E-state index contributed by atoms with van der Waals surface area (Å²) < 4.78 is 7.14. The van der Waals surface area contributed by atoms with Crippen LogP contribution in [0.3, 0.4) is 0 Å². The molecule has 8 heteroatoms. The topological polar surface area (TPSA) is 99.3 Å². The second kappa shape index (κ2) is 8.61. The van der Waals surface area contributed by atoms with E-state index in [-0.39, 0.29) is 24.0 Å². The molecule has 3 rings (SSSR count). The van der Waals surface area contributed by atoms with E-state index in [9.17, 15) is 14.9 Å². The van der Waals surface area contributed by atoms with Crippen molar-refractivity contribution >= 4 is 11.6 Å².